The van der Waals surface area contributed by atoms with E-state index in [0.717, 1.165) is 11.3 Å². The van der Waals surface area contributed by atoms with E-state index in [9.17, 15) is 9.59 Å². The van der Waals surface area contributed by atoms with Gasteiger partial charge in [0.2, 0.25) is 11.9 Å². The molecule has 0 aliphatic heterocycles. The Morgan fingerprint density at radius 3 is 2.53 bits per heavy atom. The molecule has 0 atom stereocenters. The third-order valence-electron chi connectivity index (χ3n) is 4.26. The Labute approximate surface area is 199 Å². The van der Waals surface area contributed by atoms with Crippen LogP contribution in [0.5, 0.6) is 11.5 Å². The lowest BCUT2D eigenvalue weighted by Gasteiger charge is -2.22. The van der Waals surface area contributed by atoms with Crippen molar-refractivity contribution in [2.24, 2.45) is 4.99 Å². The fourth-order valence-corrected chi connectivity index (χ4v) is 2.83. The molecule has 9 heteroatoms. The lowest BCUT2D eigenvalue weighted by molar-refractivity contribution is -0.118. The van der Waals surface area contributed by atoms with Gasteiger partial charge in [0, 0.05) is 44.3 Å². The Bertz CT molecular complexity index is 1120. The molecular weight excluding hydrogens is 434 g/mol. The topological polar surface area (TPSA) is 116 Å². The number of hydrogen-bond acceptors (Lipinski definition) is 5. The number of pyridine rings is 1. The maximum atomic E-state index is 11.3. The van der Waals surface area contributed by atoms with E-state index in [1.54, 1.807) is 37.4 Å². The van der Waals surface area contributed by atoms with Crippen LogP contribution in [0.15, 0.2) is 83.9 Å². The smallest absolute Gasteiger partial charge is 0.337 e. The number of anilines is 1. The first kappa shape index (κ1) is 25.9. The Kier molecular flexibility index (Phi) is 9.57. The third kappa shape index (κ3) is 8.62. The van der Waals surface area contributed by atoms with Crippen LogP contribution in [0, 0.1) is 0 Å². The molecule has 3 N–H and O–H groups in total. The summed E-state index contributed by atoms with van der Waals surface area (Å²) in [6.07, 6.45) is 8.11. The third-order valence-corrected chi connectivity index (χ3v) is 4.26. The molecule has 2 aromatic rings. The minimum Gasteiger partial charge on any atom is -0.478 e. The number of carboxylic acids is 1. The maximum Gasteiger partial charge on any atom is 0.337 e. The minimum absolute atomic E-state index is 0.0433. The maximum absolute atomic E-state index is 11.3. The number of ether oxygens (including phenoxy) is 1. The Hall–Kier alpha value is -4.40. The fraction of sp³-hybridized carbons (Fsp3) is 0.200. The highest BCUT2D eigenvalue weighted by atomic mass is 16.5. The number of carbonyl (C=O) groups excluding carboxylic acids is 1. The number of allylic oxidation sites excluding steroid dienone is 2. The highest BCUT2D eigenvalue weighted by Crippen LogP contribution is 2.23. The predicted molar refractivity (Wildman–Crippen MR) is 133 cm³/mol. The van der Waals surface area contributed by atoms with Gasteiger partial charge in [-0.3, -0.25) is 9.78 Å². The van der Waals surface area contributed by atoms with Crippen LogP contribution in [-0.2, 0) is 4.79 Å². The largest absolute Gasteiger partial charge is 0.478 e. The molecule has 0 bridgehead atoms. The number of hydrogen-bond donors (Lipinski definition) is 3. The lowest BCUT2D eigenvalue weighted by Crippen LogP contribution is -2.34. The first-order valence-electron chi connectivity index (χ1n) is 10.4. The van der Waals surface area contributed by atoms with Crippen LogP contribution in [0.3, 0.4) is 0 Å². The van der Waals surface area contributed by atoms with Gasteiger partial charge < -0.3 is 25.4 Å². The van der Waals surface area contributed by atoms with E-state index in [-0.39, 0.29) is 11.5 Å². The number of rotatable bonds is 9. The molecule has 0 saturated carbocycles. The molecule has 2 rings (SSSR count). The first-order valence-corrected chi connectivity index (χ1v) is 10.4. The predicted octanol–water partition coefficient (Wildman–Crippen LogP) is 4.40. The van der Waals surface area contributed by atoms with Gasteiger partial charge in [-0.25, -0.2) is 9.79 Å². The molecule has 0 aliphatic carbocycles. The molecule has 1 aromatic carbocycles. The van der Waals surface area contributed by atoms with Crippen molar-refractivity contribution in [3.63, 3.8) is 0 Å². The SMILES string of the molecule is C=C(/C=C\C)CN(C)C(=N/C=C(\C)NC(C)=O)Nc1ccc(Oc2cncc(C(=O)O)c2)cc1. The number of benzene rings is 1. The van der Waals surface area contributed by atoms with Crippen molar-refractivity contribution in [2.75, 3.05) is 18.9 Å². The normalized spacial score (nSPS) is 11.8. The van der Waals surface area contributed by atoms with Crippen molar-refractivity contribution in [3.8, 4) is 11.5 Å². The quantitative estimate of drug-likeness (QED) is 0.287. The number of aromatic nitrogens is 1. The lowest BCUT2D eigenvalue weighted by atomic mass is 10.2. The van der Waals surface area contributed by atoms with Crippen LogP contribution in [-0.4, -0.2) is 46.4 Å². The van der Waals surface area contributed by atoms with Gasteiger partial charge in [-0.2, -0.15) is 0 Å². The van der Waals surface area contributed by atoms with E-state index in [1.165, 1.54) is 25.4 Å². The van der Waals surface area contributed by atoms with E-state index in [4.69, 9.17) is 9.84 Å². The van der Waals surface area contributed by atoms with Crippen molar-refractivity contribution in [3.05, 3.63) is 84.5 Å². The Balaban J connectivity index is 2.19. The van der Waals surface area contributed by atoms with Crippen molar-refractivity contribution >= 4 is 23.5 Å². The van der Waals surface area contributed by atoms with E-state index < -0.39 is 5.97 Å². The highest BCUT2D eigenvalue weighted by molar-refractivity contribution is 5.94. The number of nitrogens with zero attached hydrogens (tertiary/aromatic N) is 3. The minimum atomic E-state index is -1.08. The first-order chi connectivity index (χ1) is 16.2. The van der Waals surface area contributed by atoms with Gasteiger partial charge in [-0.15, -0.1) is 0 Å². The van der Waals surface area contributed by atoms with Gasteiger partial charge >= 0.3 is 5.97 Å². The summed E-state index contributed by atoms with van der Waals surface area (Å²) in [6, 6.07) is 8.49. The number of guanidine groups is 1. The molecule has 34 heavy (non-hydrogen) atoms. The second-order valence-corrected chi connectivity index (χ2v) is 7.43. The van der Waals surface area contributed by atoms with Crippen molar-refractivity contribution < 1.29 is 19.4 Å². The number of nitrogens with one attached hydrogen (secondary N) is 2. The van der Waals surface area contributed by atoms with E-state index in [1.807, 2.05) is 31.0 Å². The Morgan fingerprint density at radius 2 is 1.91 bits per heavy atom. The van der Waals surface area contributed by atoms with Gasteiger partial charge in [0.25, 0.3) is 0 Å². The molecule has 0 aliphatic rings. The average Bonchev–Trinajstić information content (AvgIpc) is 2.77. The van der Waals surface area contributed by atoms with E-state index in [2.05, 4.69) is 27.2 Å². The summed E-state index contributed by atoms with van der Waals surface area (Å²) in [5.74, 6) is 0.136. The number of aliphatic imine (C=N–C) groups is 1. The van der Waals surface area contributed by atoms with Crippen molar-refractivity contribution in [2.45, 2.75) is 20.8 Å². The number of aromatic carboxylic acids is 1. The molecule has 0 unspecified atom stereocenters. The van der Waals surface area contributed by atoms with Crippen molar-refractivity contribution in [1.29, 1.82) is 0 Å². The second-order valence-electron chi connectivity index (χ2n) is 7.43. The molecule has 0 spiro atoms. The van der Waals surface area contributed by atoms with Crippen LogP contribution in [0.2, 0.25) is 0 Å². The van der Waals surface area contributed by atoms with Crippen molar-refractivity contribution in [1.82, 2.24) is 15.2 Å². The molecule has 0 fully saturated rings. The summed E-state index contributed by atoms with van der Waals surface area (Å²) in [5, 5.41) is 15.0. The zero-order valence-corrected chi connectivity index (χ0v) is 19.7. The fourth-order valence-electron chi connectivity index (χ4n) is 2.83. The molecule has 1 heterocycles. The average molecular weight is 464 g/mol. The molecule has 1 aromatic heterocycles. The van der Waals surface area contributed by atoms with E-state index in [0.29, 0.717) is 29.7 Å². The molecule has 1 amide bonds. The van der Waals surface area contributed by atoms with Gasteiger partial charge in [0.05, 0.1) is 11.8 Å². The Morgan fingerprint density at radius 1 is 1.21 bits per heavy atom. The van der Waals surface area contributed by atoms with Gasteiger partial charge in [0.15, 0.2) is 0 Å². The summed E-state index contributed by atoms with van der Waals surface area (Å²) in [4.78, 5) is 32.6. The van der Waals surface area contributed by atoms with Gasteiger partial charge in [-0.1, -0.05) is 18.7 Å². The highest BCUT2D eigenvalue weighted by Gasteiger charge is 2.09. The zero-order chi connectivity index (χ0) is 25.1. The van der Waals surface area contributed by atoms with Gasteiger partial charge in [-0.05, 0) is 49.8 Å². The molecular formula is C25H29N5O4. The molecule has 178 valence electrons. The summed E-state index contributed by atoms with van der Waals surface area (Å²) in [5.41, 5.74) is 2.30. The standard InChI is InChI=1S/C25H29N5O4/c1-6-7-17(2)16-30(5)25(27-13-18(3)28-19(4)31)29-21-8-10-22(11-9-21)34-23-12-20(24(32)33)14-26-15-23/h6-15H,2,16H2,1,3-5H3,(H,27,29)(H,28,31)(H,32,33)/b7-6-,18-13+. The van der Waals surface area contributed by atoms with Crippen LogP contribution >= 0.6 is 0 Å². The molecule has 9 nitrogen and oxygen atoms in total. The summed E-state index contributed by atoms with van der Waals surface area (Å²) >= 11 is 0. The van der Waals surface area contributed by atoms with Crippen LogP contribution in [0.25, 0.3) is 0 Å². The second kappa shape index (κ2) is 12.6. The monoisotopic (exact) mass is 463 g/mol. The number of carbonyl (C=O) groups is 2. The summed E-state index contributed by atoms with van der Waals surface area (Å²) in [7, 11) is 1.88. The number of likely N-dealkylation sites (N-methyl/N-ethyl adjacent to an activating group) is 1. The summed E-state index contributed by atoms with van der Waals surface area (Å²) in [6.45, 7) is 9.69. The summed E-state index contributed by atoms with van der Waals surface area (Å²) < 4.78 is 5.71. The van der Waals surface area contributed by atoms with Crippen LogP contribution in [0.4, 0.5) is 5.69 Å². The van der Waals surface area contributed by atoms with Crippen LogP contribution in [0.1, 0.15) is 31.1 Å². The number of carboxylic acid groups (broad SMARTS) is 1. The van der Waals surface area contributed by atoms with Crippen LogP contribution < -0.4 is 15.4 Å². The van der Waals surface area contributed by atoms with Gasteiger partial charge in [0.1, 0.15) is 11.5 Å². The zero-order valence-electron chi connectivity index (χ0n) is 19.7. The molecule has 0 saturated heterocycles. The van der Waals surface area contributed by atoms with E-state index >= 15 is 0 Å². The number of amides is 1. The molecule has 0 radical (unpaired) electrons.